The summed E-state index contributed by atoms with van der Waals surface area (Å²) >= 11 is 5.70. The standard InChI is InChI=1S/C16H13ClFN3O3/c1-16(15(23)21-13-12(24-16)3-2-6-19-13)14(22)20-8-9-4-5-11(18)10(17)7-9/h2-7H,8H2,1H3,(H,20,22)(H,19,21,23). The third-order valence-corrected chi connectivity index (χ3v) is 3.91. The number of pyridine rings is 1. The van der Waals surface area contributed by atoms with Crippen molar-refractivity contribution in [1.82, 2.24) is 10.3 Å². The number of carbonyl (C=O) groups is 2. The van der Waals surface area contributed by atoms with E-state index in [0.29, 0.717) is 11.3 Å². The molecule has 1 aliphatic heterocycles. The van der Waals surface area contributed by atoms with Crippen LogP contribution in [0.1, 0.15) is 12.5 Å². The molecule has 0 radical (unpaired) electrons. The number of ether oxygens (including phenoxy) is 1. The Morgan fingerprint density at radius 3 is 3.00 bits per heavy atom. The molecule has 24 heavy (non-hydrogen) atoms. The van der Waals surface area contributed by atoms with Crippen LogP contribution in [0.3, 0.4) is 0 Å². The lowest BCUT2D eigenvalue weighted by atomic mass is 10.0. The van der Waals surface area contributed by atoms with Gasteiger partial charge in [0.2, 0.25) is 0 Å². The van der Waals surface area contributed by atoms with E-state index in [-0.39, 0.29) is 17.4 Å². The van der Waals surface area contributed by atoms with Crippen molar-refractivity contribution in [3.05, 3.63) is 52.9 Å². The van der Waals surface area contributed by atoms with Crippen LogP contribution >= 0.6 is 11.6 Å². The van der Waals surface area contributed by atoms with Crippen LogP contribution in [0.25, 0.3) is 0 Å². The summed E-state index contributed by atoms with van der Waals surface area (Å²) in [5.74, 6) is -1.23. The molecular formula is C16H13ClFN3O3. The minimum Gasteiger partial charge on any atom is -0.464 e. The average Bonchev–Trinajstić information content (AvgIpc) is 2.56. The van der Waals surface area contributed by atoms with Gasteiger partial charge in [0.05, 0.1) is 5.02 Å². The van der Waals surface area contributed by atoms with E-state index >= 15 is 0 Å². The number of hydrogen-bond acceptors (Lipinski definition) is 4. The lowest BCUT2D eigenvalue weighted by Crippen LogP contribution is -2.58. The number of fused-ring (bicyclic) bond motifs is 1. The number of hydrogen-bond donors (Lipinski definition) is 2. The fourth-order valence-corrected chi connectivity index (χ4v) is 2.41. The molecule has 6 nitrogen and oxygen atoms in total. The van der Waals surface area contributed by atoms with E-state index in [1.54, 1.807) is 12.1 Å². The fraction of sp³-hybridized carbons (Fsp3) is 0.188. The van der Waals surface area contributed by atoms with Crippen LogP contribution < -0.4 is 15.4 Å². The Morgan fingerprint density at radius 1 is 1.46 bits per heavy atom. The van der Waals surface area contributed by atoms with Crippen LogP contribution in [0.4, 0.5) is 10.2 Å². The van der Waals surface area contributed by atoms with Crippen LogP contribution in [0, 0.1) is 5.82 Å². The molecule has 1 atom stereocenters. The number of aromatic nitrogens is 1. The summed E-state index contributed by atoms with van der Waals surface area (Å²) in [7, 11) is 0. The maximum atomic E-state index is 13.1. The highest BCUT2D eigenvalue weighted by Crippen LogP contribution is 2.31. The molecule has 0 saturated carbocycles. The first-order chi connectivity index (χ1) is 11.4. The van der Waals surface area contributed by atoms with Crippen molar-refractivity contribution in [2.45, 2.75) is 19.1 Å². The summed E-state index contributed by atoms with van der Waals surface area (Å²) < 4.78 is 18.7. The highest BCUT2D eigenvalue weighted by atomic mass is 35.5. The summed E-state index contributed by atoms with van der Waals surface area (Å²) in [4.78, 5) is 28.6. The Balaban J connectivity index is 1.74. The predicted octanol–water partition coefficient (Wildman–Crippen LogP) is 2.28. The Morgan fingerprint density at radius 2 is 2.25 bits per heavy atom. The lowest BCUT2D eigenvalue weighted by molar-refractivity contribution is -0.146. The molecule has 0 aliphatic carbocycles. The SMILES string of the molecule is CC1(C(=O)NCc2ccc(F)c(Cl)c2)Oc2cccnc2NC1=O. The summed E-state index contributed by atoms with van der Waals surface area (Å²) in [6.07, 6.45) is 1.50. The zero-order valence-corrected chi connectivity index (χ0v) is 13.4. The third kappa shape index (κ3) is 2.90. The molecule has 1 aromatic heterocycles. The van der Waals surface area contributed by atoms with Crippen molar-refractivity contribution in [1.29, 1.82) is 0 Å². The maximum Gasteiger partial charge on any atom is 0.279 e. The second-order valence-electron chi connectivity index (χ2n) is 5.37. The molecule has 8 heteroatoms. The highest BCUT2D eigenvalue weighted by molar-refractivity contribution is 6.30. The lowest BCUT2D eigenvalue weighted by Gasteiger charge is -2.32. The van der Waals surface area contributed by atoms with Gasteiger partial charge in [-0.25, -0.2) is 9.37 Å². The molecule has 2 aromatic rings. The molecule has 2 N–H and O–H groups in total. The molecule has 0 fully saturated rings. The summed E-state index contributed by atoms with van der Waals surface area (Å²) in [6.45, 7) is 1.44. The zero-order chi connectivity index (χ0) is 17.3. The topological polar surface area (TPSA) is 80.3 Å². The van der Waals surface area contributed by atoms with E-state index in [1.165, 1.54) is 31.3 Å². The van der Waals surface area contributed by atoms with Crippen molar-refractivity contribution < 1.29 is 18.7 Å². The van der Waals surface area contributed by atoms with Gasteiger partial charge in [-0.05, 0) is 36.8 Å². The second-order valence-corrected chi connectivity index (χ2v) is 5.78. The van der Waals surface area contributed by atoms with E-state index in [1.807, 2.05) is 0 Å². The van der Waals surface area contributed by atoms with E-state index in [0.717, 1.165) is 0 Å². The first-order valence-electron chi connectivity index (χ1n) is 7.08. The van der Waals surface area contributed by atoms with E-state index in [4.69, 9.17) is 16.3 Å². The molecule has 0 saturated heterocycles. The Bertz CT molecular complexity index is 830. The number of carbonyl (C=O) groups excluding carboxylic acids is 2. The molecule has 2 amide bonds. The van der Waals surface area contributed by atoms with Crippen LogP contribution in [0.2, 0.25) is 5.02 Å². The normalized spacial score (nSPS) is 19.0. The highest BCUT2D eigenvalue weighted by Gasteiger charge is 2.47. The van der Waals surface area contributed by atoms with Gasteiger partial charge < -0.3 is 15.4 Å². The third-order valence-electron chi connectivity index (χ3n) is 3.62. The minimum atomic E-state index is -1.74. The molecule has 0 bridgehead atoms. The van der Waals surface area contributed by atoms with Gasteiger partial charge in [0.25, 0.3) is 17.4 Å². The van der Waals surface area contributed by atoms with Gasteiger partial charge >= 0.3 is 0 Å². The molecule has 2 heterocycles. The van der Waals surface area contributed by atoms with Crippen molar-refractivity contribution in [3.63, 3.8) is 0 Å². The van der Waals surface area contributed by atoms with Crippen molar-refractivity contribution in [2.24, 2.45) is 0 Å². The van der Waals surface area contributed by atoms with Gasteiger partial charge in [0.15, 0.2) is 11.6 Å². The predicted molar refractivity (Wildman–Crippen MR) is 85.2 cm³/mol. The largest absolute Gasteiger partial charge is 0.464 e. The van der Waals surface area contributed by atoms with Gasteiger partial charge in [0.1, 0.15) is 5.82 Å². The van der Waals surface area contributed by atoms with Crippen LogP contribution in [0.5, 0.6) is 5.75 Å². The van der Waals surface area contributed by atoms with Crippen molar-refractivity contribution in [3.8, 4) is 5.75 Å². The average molecular weight is 350 g/mol. The maximum absolute atomic E-state index is 13.1. The number of rotatable bonds is 3. The van der Waals surface area contributed by atoms with Crippen molar-refractivity contribution >= 4 is 29.2 Å². The van der Waals surface area contributed by atoms with Gasteiger partial charge in [-0.2, -0.15) is 0 Å². The minimum absolute atomic E-state index is 0.0420. The fourth-order valence-electron chi connectivity index (χ4n) is 2.21. The zero-order valence-electron chi connectivity index (χ0n) is 12.6. The second kappa shape index (κ2) is 6.09. The van der Waals surface area contributed by atoms with Crippen LogP contribution in [0.15, 0.2) is 36.5 Å². The van der Waals surface area contributed by atoms with Crippen LogP contribution in [-0.2, 0) is 16.1 Å². The molecule has 1 unspecified atom stereocenters. The van der Waals surface area contributed by atoms with Gasteiger partial charge in [-0.15, -0.1) is 0 Å². The smallest absolute Gasteiger partial charge is 0.279 e. The number of amides is 2. The summed E-state index contributed by atoms with van der Waals surface area (Å²) in [5, 5.41) is 5.09. The molecule has 3 rings (SSSR count). The van der Waals surface area contributed by atoms with Gasteiger partial charge in [0, 0.05) is 12.7 Å². The van der Waals surface area contributed by atoms with Crippen molar-refractivity contribution in [2.75, 3.05) is 5.32 Å². The van der Waals surface area contributed by atoms with Gasteiger partial charge in [-0.1, -0.05) is 17.7 Å². The van der Waals surface area contributed by atoms with E-state index in [9.17, 15) is 14.0 Å². The summed E-state index contributed by atoms with van der Waals surface area (Å²) in [5.41, 5.74) is -1.14. The molecule has 1 aromatic carbocycles. The molecule has 124 valence electrons. The number of nitrogens with one attached hydrogen (secondary N) is 2. The Kier molecular flexibility index (Phi) is 4.11. The van der Waals surface area contributed by atoms with E-state index < -0.39 is 23.2 Å². The number of benzene rings is 1. The first-order valence-corrected chi connectivity index (χ1v) is 7.45. The molecule has 1 aliphatic rings. The number of nitrogens with zero attached hydrogens (tertiary/aromatic N) is 1. The Labute approximate surface area is 142 Å². The first kappa shape index (κ1) is 16.2. The van der Waals surface area contributed by atoms with E-state index in [2.05, 4.69) is 15.6 Å². The van der Waals surface area contributed by atoms with Crippen LogP contribution in [-0.4, -0.2) is 22.4 Å². The van der Waals surface area contributed by atoms with Gasteiger partial charge in [-0.3, -0.25) is 9.59 Å². The quantitative estimate of drug-likeness (QED) is 0.833. The Hall–Kier alpha value is -2.67. The molecule has 0 spiro atoms. The number of halogens is 2. The number of anilines is 1. The monoisotopic (exact) mass is 349 g/mol. The molecular weight excluding hydrogens is 337 g/mol. The summed E-state index contributed by atoms with van der Waals surface area (Å²) in [6, 6.07) is 7.34.